The number of para-hydroxylation sites is 1. The van der Waals surface area contributed by atoms with Crippen molar-refractivity contribution in [1.82, 2.24) is 0 Å². The summed E-state index contributed by atoms with van der Waals surface area (Å²) in [5.74, 6) is -2.05. The molecule has 1 aromatic heterocycles. The molecule has 0 radical (unpaired) electrons. The first-order valence-corrected chi connectivity index (χ1v) is 10.3. The van der Waals surface area contributed by atoms with Crippen molar-refractivity contribution >= 4 is 46.0 Å². The van der Waals surface area contributed by atoms with Crippen LogP contribution in [0.3, 0.4) is 0 Å². The molecule has 0 saturated carbocycles. The van der Waals surface area contributed by atoms with Gasteiger partial charge in [-0.1, -0.05) is 18.2 Å². The Labute approximate surface area is 182 Å². The quantitative estimate of drug-likeness (QED) is 0.198. The number of anilines is 2. The molecule has 0 aliphatic heterocycles. The summed E-state index contributed by atoms with van der Waals surface area (Å²) in [4.78, 5) is 22.0. The van der Waals surface area contributed by atoms with Crippen LogP contribution in [0.25, 0.3) is 11.1 Å². The zero-order valence-corrected chi connectivity index (χ0v) is 17.3. The number of nitrogen functional groups attached to an aromatic ring is 2. The minimum Gasteiger partial charge on any atom is -0.478 e. The summed E-state index contributed by atoms with van der Waals surface area (Å²) < 4.78 is 51.1. The minimum atomic E-state index is -4.66. The van der Waals surface area contributed by atoms with Crippen LogP contribution in [-0.4, -0.2) is 23.1 Å². The van der Waals surface area contributed by atoms with Crippen LogP contribution in [-0.2, 0) is 11.0 Å². The number of aromatic carboxylic acids is 1. The van der Waals surface area contributed by atoms with Gasteiger partial charge in [0.05, 0.1) is 11.3 Å². The van der Waals surface area contributed by atoms with Gasteiger partial charge in [-0.25, -0.2) is 9.18 Å². The van der Waals surface area contributed by atoms with Crippen molar-refractivity contribution in [2.24, 2.45) is 0 Å². The molecule has 164 valence electrons. The molecule has 0 amide bonds. The lowest BCUT2D eigenvalue weighted by Crippen LogP contribution is -2.06. The molecule has 0 bridgehead atoms. The molecule has 0 spiro atoms. The summed E-state index contributed by atoms with van der Waals surface area (Å²) >= 11 is 2.33. The number of hydrogen-bond donors (Lipinski definition) is 3. The second kappa shape index (κ2) is 10.3. The fourth-order valence-electron chi connectivity index (χ4n) is 2.44. The highest BCUT2D eigenvalue weighted by molar-refractivity contribution is 8.00. The van der Waals surface area contributed by atoms with E-state index in [9.17, 15) is 27.2 Å². The maximum atomic E-state index is 13.8. The smallest absolute Gasteiger partial charge is 0.416 e. The summed E-state index contributed by atoms with van der Waals surface area (Å²) in [5.41, 5.74) is 10.1. The molecule has 0 aliphatic carbocycles. The lowest BCUT2D eigenvalue weighted by Gasteiger charge is -2.09. The first kappa shape index (κ1) is 24.2. The van der Waals surface area contributed by atoms with E-state index in [1.807, 2.05) is 24.3 Å². The number of nitrogens with two attached hydrogens (primary N) is 2. The van der Waals surface area contributed by atoms with Crippen molar-refractivity contribution in [1.29, 1.82) is 0 Å². The van der Waals surface area contributed by atoms with Crippen LogP contribution < -0.4 is 11.5 Å². The van der Waals surface area contributed by atoms with Gasteiger partial charge in [0.2, 0.25) is 0 Å². The van der Waals surface area contributed by atoms with E-state index in [-0.39, 0.29) is 21.7 Å². The average Bonchev–Trinajstić information content (AvgIpc) is 3.08. The Bertz CT molecular complexity index is 1080. The summed E-state index contributed by atoms with van der Waals surface area (Å²) in [6.45, 7) is 0. The maximum Gasteiger partial charge on any atom is 0.416 e. The Hall–Kier alpha value is -3.05. The van der Waals surface area contributed by atoms with Crippen LogP contribution in [0.5, 0.6) is 0 Å². The lowest BCUT2D eigenvalue weighted by atomic mass is 10.0. The maximum absolute atomic E-state index is 13.8. The normalized spacial score (nSPS) is 10.8. The SMILES string of the molecule is Nc1ccccc1SCC=O.Nc1scc(-c2ccc(C(F)(F)F)cc2F)c1C(=O)O. The Morgan fingerprint density at radius 1 is 1.13 bits per heavy atom. The molecule has 0 fully saturated rings. The monoisotopic (exact) mass is 472 g/mol. The molecule has 0 unspecified atom stereocenters. The van der Waals surface area contributed by atoms with E-state index in [2.05, 4.69) is 0 Å². The number of benzene rings is 2. The van der Waals surface area contributed by atoms with Gasteiger partial charge in [0.25, 0.3) is 0 Å². The third kappa shape index (κ3) is 6.22. The predicted molar refractivity (Wildman–Crippen MR) is 114 cm³/mol. The van der Waals surface area contributed by atoms with Crippen LogP contribution in [0.1, 0.15) is 15.9 Å². The van der Waals surface area contributed by atoms with E-state index in [0.29, 0.717) is 17.9 Å². The molecule has 5 nitrogen and oxygen atoms in total. The van der Waals surface area contributed by atoms with Crippen molar-refractivity contribution in [2.45, 2.75) is 11.1 Å². The molecule has 31 heavy (non-hydrogen) atoms. The summed E-state index contributed by atoms with van der Waals surface area (Å²) in [6, 6.07) is 9.43. The molecule has 2 aromatic carbocycles. The van der Waals surface area contributed by atoms with E-state index in [4.69, 9.17) is 16.6 Å². The van der Waals surface area contributed by atoms with Gasteiger partial charge in [-0.15, -0.1) is 23.1 Å². The highest BCUT2D eigenvalue weighted by Crippen LogP contribution is 2.37. The first-order chi connectivity index (χ1) is 14.6. The number of thiophene rings is 1. The zero-order chi connectivity index (χ0) is 23.2. The molecule has 3 rings (SSSR count). The molecule has 0 saturated heterocycles. The third-order valence-corrected chi connectivity index (χ3v) is 5.64. The van der Waals surface area contributed by atoms with Gasteiger partial charge in [0.1, 0.15) is 22.7 Å². The third-order valence-electron chi connectivity index (χ3n) is 3.85. The number of hydrogen-bond acceptors (Lipinski definition) is 6. The molecule has 3 aromatic rings. The Morgan fingerprint density at radius 2 is 1.81 bits per heavy atom. The van der Waals surface area contributed by atoms with E-state index >= 15 is 0 Å². The predicted octanol–water partition coefficient (Wildman–Crippen LogP) is 5.41. The Morgan fingerprint density at radius 3 is 2.35 bits per heavy atom. The van der Waals surface area contributed by atoms with Crippen LogP contribution >= 0.6 is 23.1 Å². The zero-order valence-electron chi connectivity index (χ0n) is 15.7. The number of carboxylic acids is 1. The number of rotatable bonds is 5. The van der Waals surface area contributed by atoms with Crippen LogP contribution in [0.2, 0.25) is 0 Å². The van der Waals surface area contributed by atoms with E-state index in [1.54, 1.807) is 0 Å². The van der Waals surface area contributed by atoms with Crippen LogP contribution in [0, 0.1) is 5.82 Å². The Balaban J connectivity index is 0.000000262. The largest absolute Gasteiger partial charge is 0.478 e. The van der Waals surface area contributed by atoms with Gasteiger partial charge in [-0.05, 0) is 24.3 Å². The van der Waals surface area contributed by atoms with Crippen molar-refractivity contribution in [2.75, 3.05) is 17.2 Å². The molecular formula is C20H16F4N2O3S2. The van der Waals surface area contributed by atoms with Crippen molar-refractivity contribution in [3.8, 4) is 11.1 Å². The Kier molecular flexibility index (Phi) is 8.06. The van der Waals surface area contributed by atoms with Gasteiger partial charge in [0.15, 0.2) is 0 Å². The first-order valence-electron chi connectivity index (χ1n) is 8.44. The van der Waals surface area contributed by atoms with Gasteiger partial charge in [-0.3, -0.25) is 0 Å². The summed E-state index contributed by atoms with van der Waals surface area (Å²) in [7, 11) is 0. The number of halogens is 4. The lowest BCUT2D eigenvalue weighted by molar-refractivity contribution is -0.137. The minimum absolute atomic E-state index is 0.0354. The molecule has 1 heterocycles. The molecule has 0 atom stereocenters. The number of aldehydes is 1. The number of carboxylic acid groups (broad SMARTS) is 1. The van der Waals surface area contributed by atoms with E-state index in [1.165, 1.54) is 17.1 Å². The van der Waals surface area contributed by atoms with Gasteiger partial charge in [0, 0.05) is 27.1 Å². The second-order valence-corrected chi connectivity index (χ2v) is 7.87. The molecular weight excluding hydrogens is 456 g/mol. The van der Waals surface area contributed by atoms with Crippen LogP contribution in [0.4, 0.5) is 28.3 Å². The van der Waals surface area contributed by atoms with Crippen molar-refractivity contribution in [3.63, 3.8) is 0 Å². The molecule has 11 heteroatoms. The summed E-state index contributed by atoms with van der Waals surface area (Å²) in [5, 5.41) is 10.3. The fraction of sp³-hybridized carbons (Fsp3) is 0.100. The highest BCUT2D eigenvalue weighted by atomic mass is 32.2. The number of carbonyl (C=O) groups is 2. The van der Waals surface area contributed by atoms with Gasteiger partial charge >= 0.3 is 12.1 Å². The fourth-order valence-corrected chi connectivity index (χ4v) is 3.90. The van der Waals surface area contributed by atoms with Crippen molar-refractivity contribution < 1.29 is 32.3 Å². The summed E-state index contributed by atoms with van der Waals surface area (Å²) in [6.07, 6.45) is -3.79. The van der Waals surface area contributed by atoms with Gasteiger partial charge in [-0.2, -0.15) is 13.2 Å². The van der Waals surface area contributed by atoms with Crippen molar-refractivity contribution in [3.05, 3.63) is 64.8 Å². The second-order valence-electron chi connectivity index (χ2n) is 5.90. The van der Waals surface area contributed by atoms with E-state index in [0.717, 1.165) is 34.3 Å². The van der Waals surface area contributed by atoms with Crippen LogP contribution in [0.15, 0.2) is 52.7 Å². The number of alkyl halides is 3. The molecule has 0 aliphatic rings. The van der Waals surface area contributed by atoms with Gasteiger partial charge < -0.3 is 21.4 Å². The number of thioether (sulfide) groups is 1. The van der Waals surface area contributed by atoms with E-state index < -0.39 is 23.5 Å². The molecule has 5 N–H and O–H groups in total. The number of carbonyl (C=O) groups excluding carboxylic acids is 1. The highest BCUT2D eigenvalue weighted by Gasteiger charge is 2.31. The topological polar surface area (TPSA) is 106 Å². The standard InChI is InChI=1S/C12H7F4NO2S.C8H9NOS/c13-8-3-5(12(14,15)16)1-2-6(8)7-4-20-10(17)9(7)11(18)19;9-7-3-1-2-4-8(7)11-6-5-10/h1-4H,17H2,(H,18,19);1-5H,6,9H2. The average molecular weight is 472 g/mol.